The molecule has 2 aromatic heterocycles. The lowest BCUT2D eigenvalue weighted by molar-refractivity contribution is -0.123. The van der Waals surface area contributed by atoms with Crippen LogP contribution < -0.4 is 20.5 Å². The molecule has 0 radical (unpaired) electrons. The second-order valence-electron chi connectivity index (χ2n) is 9.25. The fourth-order valence-electron chi connectivity index (χ4n) is 4.68. The van der Waals surface area contributed by atoms with Crippen LogP contribution in [-0.4, -0.2) is 52.7 Å². The maximum atomic E-state index is 14.2. The summed E-state index contributed by atoms with van der Waals surface area (Å²) >= 11 is 0. The van der Waals surface area contributed by atoms with E-state index in [4.69, 9.17) is 15.2 Å². The van der Waals surface area contributed by atoms with Crippen LogP contribution in [0.15, 0.2) is 6.20 Å². The normalized spacial score (nSPS) is 26.1. The van der Waals surface area contributed by atoms with Gasteiger partial charge in [0.15, 0.2) is 17.4 Å². The highest BCUT2D eigenvalue weighted by atomic mass is 19.1. The third-order valence-electron chi connectivity index (χ3n) is 6.83. The number of fused-ring (bicyclic) bond motifs is 1. The Balaban J connectivity index is 1.69. The predicted octanol–water partition coefficient (Wildman–Crippen LogP) is 2.55. The van der Waals surface area contributed by atoms with Gasteiger partial charge in [-0.25, -0.2) is 19.3 Å². The van der Waals surface area contributed by atoms with Gasteiger partial charge in [0.1, 0.15) is 12.1 Å². The number of aromatic nitrogens is 3. The van der Waals surface area contributed by atoms with Crippen molar-refractivity contribution in [2.24, 2.45) is 23.5 Å². The lowest BCUT2D eigenvalue weighted by Gasteiger charge is -2.22. The molecule has 2 aliphatic rings. The first-order valence-corrected chi connectivity index (χ1v) is 12.0. The van der Waals surface area contributed by atoms with Gasteiger partial charge in [-0.2, -0.15) is 0 Å². The zero-order valence-corrected chi connectivity index (χ0v) is 20.1. The molecule has 2 aromatic rings. The standard InChI is InChI=1S/C25H30FN5O4/c1-4-16-17(29-23(33)18(16)26)12-35-24-20-19(30-21(22(27)32)25(31-20)34-3)15(11-28-24)10-9-14-7-5-13(2)6-8-14/h11,13-14,16-18H,4-8,12H2,1-3H3,(H2,27,32)(H,29,33)/t13?,14?,16?,17?,18-/m0/s1. The number of methoxy groups -OCH3 is 1. The number of nitrogens with one attached hydrogen (secondary N) is 1. The van der Waals surface area contributed by atoms with Gasteiger partial charge in [-0.15, -0.1) is 0 Å². The number of nitrogens with two attached hydrogens (primary N) is 1. The maximum absolute atomic E-state index is 14.2. The maximum Gasteiger partial charge on any atom is 0.272 e. The number of amides is 2. The first kappa shape index (κ1) is 24.6. The Morgan fingerprint density at radius 1 is 1.23 bits per heavy atom. The summed E-state index contributed by atoms with van der Waals surface area (Å²) < 4.78 is 25.3. The van der Waals surface area contributed by atoms with E-state index in [1.807, 2.05) is 6.92 Å². The highest BCUT2D eigenvalue weighted by Gasteiger charge is 2.41. The molecule has 4 rings (SSSR count). The third-order valence-corrected chi connectivity index (χ3v) is 6.83. The van der Waals surface area contributed by atoms with Crippen molar-refractivity contribution < 1.29 is 23.5 Å². The number of carbonyl (C=O) groups is 2. The predicted molar refractivity (Wildman–Crippen MR) is 127 cm³/mol. The zero-order valence-electron chi connectivity index (χ0n) is 20.1. The fourth-order valence-corrected chi connectivity index (χ4v) is 4.68. The summed E-state index contributed by atoms with van der Waals surface area (Å²) in [6, 6.07) is -0.507. The summed E-state index contributed by atoms with van der Waals surface area (Å²) in [5, 5.41) is 2.63. The van der Waals surface area contributed by atoms with Gasteiger partial charge in [0.25, 0.3) is 11.8 Å². The molecule has 1 aliphatic heterocycles. The lowest BCUT2D eigenvalue weighted by Crippen LogP contribution is -2.35. The molecule has 2 amide bonds. The number of carbonyl (C=O) groups excluding carboxylic acids is 2. The van der Waals surface area contributed by atoms with E-state index in [0.29, 0.717) is 23.4 Å². The first-order chi connectivity index (χ1) is 16.8. The lowest BCUT2D eigenvalue weighted by atomic mass is 9.83. The van der Waals surface area contributed by atoms with Crippen molar-refractivity contribution in [3.8, 4) is 23.6 Å². The minimum atomic E-state index is -1.57. The summed E-state index contributed by atoms with van der Waals surface area (Å²) in [5.74, 6) is 5.59. The van der Waals surface area contributed by atoms with Crippen LogP contribution in [0.5, 0.6) is 11.8 Å². The quantitative estimate of drug-likeness (QED) is 0.604. The SMILES string of the molecule is CCC1C(COc2ncc(C#CC3CCC(C)CC3)c3nc(C(N)=O)c(OC)nc23)NC(=O)[C@H]1F. The number of hydrogen-bond donors (Lipinski definition) is 2. The molecule has 3 atom stereocenters. The largest absolute Gasteiger partial charge is 0.479 e. The molecule has 35 heavy (non-hydrogen) atoms. The monoisotopic (exact) mass is 483 g/mol. The van der Waals surface area contributed by atoms with E-state index in [1.165, 1.54) is 13.3 Å². The molecule has 2 unspecified atom stereocenters. The van der Waals surface area contributed by atoms with Gasteiger partial charge in [-0.3, -0.25) is 9.59 Å². The Bertz CT molecular complexity index is 1190. The van der Waals surface area contributed by atoms with Crippen LogP contribution in [0.1, 0.15) is 62.0 Å². The van der Waals surface area contributed by atoms with E-state index >= 15 is 0 Å². The molecule has 3 N–H and O–H groups in total. The van der Waals surface area contributed by atoms with Gasteiger partial charge in [0.2, 0.25) is 11.8 Å². The third kappa shape index (κ3) is 5.14. The van der Waals surface area contributed by atoms with Crippen LogP contribution in [0.3, 0.4) is 0 Å². The molecule has 1 saturated heterocycles. The van der Waals surface area contributed by atoms with E-state index in [0.717, 1.165) is 25.7 Å². The van der Waals surface area contributed by atoms with Gasteiger partial charge in [-0.05, 0) is 38.0 Å². The van der Waals surface area contributed by atoms with Crippen LogP contribution in [0.25, 0.3) is 11.0 Å². The number of primary amides is 1. The minimum absolute atomic E-state index is 0.000380. The Morgan fingerprint density at radius 2 is 1.97 bits per heavy atom. The number of nitrogens with zero attached hydrogens (tertiary/aromatic N) is 3. The minimum Gasteiger partial charge on any atom is -0.479 e. The number of pyridine rings is 1. The molecule has 186 valence electrons. The van der Waals surface area contributed by atoms with Crippen molar-refractivity contribution in [1.29, 1.82) is 0 Å². The van der Waals surface area contributed by atoms with Crippen molar-refractivity contribution in [2.45, 2.75) is 58.2 Å². The fraction of sp³-hybridized carbons (Fsp3) is 0.560. The molecule has 2 fully saturated rings. The van der Waals surface area contributed by atoms with Crippen LogP contribution >= 0.6 is 0 Å². The van der Waals surface area contributed by atoms with Gasteiger partial charge in [-0.1, -0.05) is 25.7 Å². The average molecular weight is 484 g/mol. The second-order valence-corrected chi connectivity index (χ2v) is 9.25. The van der Waals surface area contributed by atoms with Crippen molar-refractivity contribution in [2.75, 3.05) is 13.7 Å². The average Bonchev–Trinajstić information content (AvgIpc) is 3.13. The Labute approximate surface area is 203 Å². The van der Waals surface area contributed by atoms with Gasteiger partial charge in [0.05, 0.1) is 18.7 Å². The van der Waals surface area contributed by atoms with E-state index < -0.39 is 29.9 Å². The Morgan fingerprint density at radius 3 is 2.63 bits per heavy atom. The summed E-state index contributed by atoms with van der Waals surface area (Å²) in [5.41, 5.74) is 6.41. The number of hydrogen-bond acceptors (Lipinski definition) is 7. The number of alkyl halides is 1. The molecule has 3 heterocycles. The van der Waals surface area contributed by atoms with E-state index in [2.05, 4.69) is 39.0 Å². The molecule has 9 nitrogen and oxygen atoms in total. The Kier molecular flexibility index (Phi) is 7.34. The highest BCUT2D eigenvalue weighted by Crippen LogP contribution is 2.30. The molecular weight excluding hydrogens is 453 g/mol. The first-order valence-electron chi connectivity index (χ1n) is 12.0. The molecule has 0 bridgehead atoms. The van der Waals surface area contributed by atoms with Gasteiger partial charge < -0.3 is 20.5 Å². The van der Waals surface area contributed by atoms with Crippen molar-refractivity contribution in [1.82, 2.24) is 20.3 Å². The van der Waals surface area contributed by atoms with Gasteiger partial charge >= 0.3 is 0 Å². The van der Waals surface area contributed by atoms with Crippen molar-refractivity contribution in [3.05, 3.63) is 17.5 Å². The molecule has 1 saturated carbocycles. The molecule has 0 spiro atoms. The Hall–Kier alpha value is -3.48. The van der Waals surface area contributed by atoms with Crippen LogP contribution in [-0.2, 0) is 4.79 Å². The molecule has 0 aromatic carbocycles. The highest BCUT2D eigenvalue weighted by molar-refractivity contribution is 5.96. The number of halogens is 1. The number of rotatable bonds is 6. The summed E-state index contributed by atoms with van der Waals surface area (Å²) in [4.78, 5) is 36.9. The van der Waals surface area contributed by atoms with E-state index in [1.54, 1.807) is 0 Å². The molecule has 1 aliphatic carbocycles. The van der Waals surface area contributed by atoms with E-state index in [-0.39, 0.29) is 35.5 Å². The zero-order chi connectivity index (χ0) is 25.1. The summed E-state index contributed by atoms with van der Waals surface area (Å²) in [7, 11) is 1.35. The van der Waals surface area contributed by atoms with Crippen LogP contribution in [0.4, 0.5) is 4.39 Å². The van der Waals surface area contributed by atoms with Crippen molar-refractivity contribution in [3.63, 3.8) is 0 Å². The molecular formula is C25H30FN5O4. The van der Waals surface area contributed by atoms with Gasteiger partial charge in [0, 0.05) is 18.0 Å². The molecule has 10 heteroatoms. The number of ether oxygens (including phenoxy) is 2. The topological polar surface area (TPSA) is 129 Å². The van der Waals surface area contributed by atoms with Crippen LogP contribution in [0, 0.1) is 29.6 Å². The second kappa shape index (κ2) is 10.4. The van der Waals surface area contributed by atoms with E-state index in [9.17, 15) is 14.0 Å². The summed E-state index contributed by atoms with van der Waals surface area (Å²) in [6.07, 6.45) is 4.78. The smallest absolute Gasteiger partial charge is 0.272 e. The van der Waals surface area contributed by atoms with Crippen LogP contribution in [0.2, 0.25) is 0 Å². The summed E-state index contributed by atoms with van der Waals surface area (Å²) in [6.45, 7) is 4.07. The van der Waals surface area contributed by atoms with Crippen molar-refractivity contribution >= 4 is 22.8 Å².